The number of ketones is 1. The lowest BCUT2D eigenvalue weighted by atomic mass is 9.75. The Balaban J connectivity index is 2.36. The maximum Gasteiger partial charge on any atom is 0.197 e. The third-order valence-corrected chi connectivity index (χ3v) is 6.44. The van der Waals surface area contributed by atoms with Crippen LogP contribution in [0.15, 0.2) is 47.1 Å². The number of rotatable bonds is 6. The Morgan fingerprint density at radius 3 is 1.79 bits per heavy atom. The molecule has 0 heterocycles. The topological polar surface area (TPSA) is 77.8 Å². The molecule has 4 heteroatoms. The molecule has 0 aliphatic heterocycles. The van der Waals surface area contributed by atoms with Gasteiger partial charge in [0, 0.05) is 22.3 Å². The van der Waals surface area contributed by atoms with Gasteiger partial charge in [0.2, 0.25) is 0 Å². The number of phenols is 2. The molecule has 0 radical (unpaired) electrons. The van der Waals surface area contributed by atoms with Gasteiger partial charge in [-0.2, -0.15) is 0 Å². The van der Waals surface area contributed by atoms with E-state index in [1.807, 2.05) is 66.7 Å². The SMILES string of the molecule is CC(C)=CCc1c(O)c(CC=C(C)C)c2c(c1O)C(=O)c1ccc(C)c(CC=C(C)C)c1C2O. The fourth-order valence-electron chi connectivity index (χ4n) is 4.54. The number of aliphatic hydroxyl groups excluding tert-OH is 1. The Labute approximate surface area is 203 Å². The number of hydrogen-bond acceptors (Lipinski definition) is 4. The Morgan fingerprint density at radius 1 is 0.765 bits per heavy atom. The molecule has 0 amide bonds. The van der Waals surface area contributed by atoms with Crippen molar-refractivity contribution >= 4 is 5.78 Å². The average molecular weight is 461 g/mol. The first-order valence-electron chi connectivity index (χ1n) is 11.8. The molecule has 0 bridgehead atoms. The van der Waals surface area contributed by atoms with Crippen LogP contribution in [0.1, 0.15) is 96.9 Å². The second-order valence-corrected chi connectivity index (χ2v) is 9.95. The van der Waals surface area contributed by atoms with Crippen molar-refractivity contribution in [1.82, 2.24) is 0 Å². The molecule has 0 fully saturated rings. The van der Waals surface area contributed by atoms with E-state index in [-0.39, 0.29) is 22.8 Å². The highest BCUT2D eigenvalue weighted by Crippen LogP contribution is 2.48. The van der Waals surface area contributed by atoms with Gasteiger partial charge in [-0.25, -0.2) is 0 Å². The third-order valence-electron chi connectivity index (χ3n) is 6.44. The average Bonchev–Trinajstić information content (AvgIpc) is 2.74. The fourth-order valence-corrected chi connectivity index (χ4v) is 4.54. The Hall–Kier alpha value is -3.11. The summed E-state index contributed by atoms with van der Waals surface area (Å²) in [4.78, 5) is 13.8. The molecule has 3 N–H and O–H groups in total. The number of aliphatic hydroxyl groups is 1. The van der Waals surface area contributed by atoms with E-state index in [4.69, 9.17) is 0 Å². The number of aromatic hydroxyl groups is 2. The van der Waals surface area contributed by atoms with Gasteiger partial charge in [0.1, 0.15) is 17.6 Å². The van der Waals surface area contributed by atoms with Crippen LogP contribution in [0, 0.1) is 6.92 Å². The van der Waals surface area contributed by atoms with Gasteiger partial charge in [0.15, 0.2) is 5.78 Å². The van der Waals surface area contributed by atoms with Crippen molar-refractivity contribution in [3.8, 4) is 11.5 Å². The molecule has 1 unspecified atom stereocenters. The molecule has 0 saturated carbocycles. The van der Waals surface area contributed by atoms with Crippen LogP contribution in [0.5, 0.6) is 11.5 Å². The highest BCUT2D eigenvalue weighted by atomic mass is 16.3. The maximum absolute atomic E-state index is 13.8. The van der Waals surface area contributed by atoms with E-state index in [1.54, 1.807) is 6.07 Å². The van der Waals surface area contributed by atoms with Crippen LogP contribution in [0.4, 0.5) is 0 Å². The molecule has 2 aromatic rings. The first-order chi connectivity index (χ1) is 16.0. The lowest BCUT2D eigenvalue weighted by Gasteiger charge is -2.31. The van der Waals surface area contributed by atoms with E-state index in [0.717, 1.165) is 27.8 Å². The normalized spacial score (nSPS) is 14.2. The number of phenolic OH excluding ortho intramolecular Hbond substituents is 2. The van der Waals surface area contributed by atoms with Crippen molar-refractivity contribution in [3.63, 3.8) is 0 Å². The van der Waals surface area contributed by atoms with Crippen molar-refractivity contribution in [2.24, 2.45) is 0 Å². The summed E-state index contributed by atoms with van der Waals surface area (Å²) < 4.78 is 0. The molecule has 0 spiro atoms. The summed E-state index contributed by atoms with van der Waals surface area (Å²) in [5, 5.41) is 34.1. The number of hydrogen-bond donors (Lipinski definition) is 3. The minimum Gasteiger partial charge on any atom is -0.507 e. The summed E-state index contributed by atoms with van der Waals surface area (Å²) >= 11 is 0. The second-order valence-electron chi connectivity index (χ2n) is 9.95. The van der Waals surface area contributed by atoms with Crippen molar-refractivity contribution in [3.05, 3.63) is 91.6 Å². The number of carbonyl (C=O) groups is 1. The second kappa shape index (κ2) is 10.0. The number of fused-ring (bicyclic) bond motifs is 2. The largest absolute Gasteiger partial charge is 0.507 e. The minimum atomic E-state index is -1.13. The van der Waals surface area contributed by atoms with Gasteiger partial charge < -0.3 is 15.3 Å². The molecule has 180 valence electrons. The van der Waals surface area contributed by atoms with Crippen molar-refractivity contribution in [1.29, 1.82) is 0 Å². The molecule has 3 rings (SSSR count). The van der Waals surface area contributed by atoms with E-state index in [9.17, 15) is 20.1 Å². The summed E-state index contributed by atoms with van der Waals surface area (Å²) in [7, 11) is 0. The van der Waals surface area contributed by atoms with Gasteiger partial charge in [-0.15, -0.1) is 0 Å². The molecule has 1 atom stereocenters. The van der Waals surface area contributed by atoms with Crippen LogP contribution < -0.4 is 0 Å². The summed E-state index contributed by atoms with van der Waals surface area (Å²) in [6.45, 7) is 13.8. The highest BCUT2D eigenvalue weighted by Gasteiger charge is 2.38. The lowest BCUT2D eigenvalue weighted by molar-refractivity contribution is 0.101. The predicted octanol–water partition coefficient (Wildman–Crippen LogP) is 6.56. The van der Waals surface area contributed by atoms with Crippen LogP contribution >= 0.6 is 0 Å². The molecule has 0 saturated heterocycles. The van der Waals surface area contributed by atoms with Crippen LogP contribution in [0.2, 0.25) is 0 Å². The van der Waals surface area contributed by atoms with Crippen LogP contribution in [0.25, 0.3) is 0 Å². The summed E-state index contributed by atoms with van der Waals surface area (Å²) in [6, 6.07) is 3.64. The lowest BCUT2D eigenvalue weighted by Crippen LogP contribution is -2.24. The van der Waals surface area contributed by atoms with Gasteiger partial charge in [0.05, 0.1) is 5.56 Å². The van der Waals surface area contributed by atoms with Crippen LogP contribution in [0.3, 0.4) is 0 Å². The molecular weight excluding hydrogens is 424 g/mol. The maximum atomic E-state index is 13.8. The smallest absolute Gasteiger partial charge is 0.197 e. The first kappa shape index (κ1) is 25.5. The standard InChI is InChI=1S/C30H36O4/c1-16(2)8-12-20-19(7)11-15-21-24(20)30(34)25-22(13-9-17(3)4)27(31)23(14-10-18(5)6)29(33)26(25)28(21)32/h8-11,15,30-31,33-34H,12-14H2,1-7H3. The zero-order chi connectivity index (χ0) is 25.3. The fraction of sp³-hybridized carbons (Fsp3) is 0.367. The van der Waals surface area contributed by atoms with E-state index in [0.29, 0.717) is 47.1 Å². The monoisotopic (exact) mass is 460 g/mol. The van der Waals surface area contributed by atoms with Gasteiger partial charge in [-0.1, -0.05) is 47.1 Å². The molecule has 0 aromatic heterocycles. The molecule has 1 aliphatic carbocycles. The zero-order valence-corrected chi connectivity index (χ0v) is 21.3. The van der Waals surface area contributed by atoms with Crippen LogP contribution in [-0.4, -0.2) is 21.1 Å². The highest BCUT2D eigenvalue weighted by molar-refractivity contribution is 6.15. The third kappa shape index (κ3) is 4.74. The minimum absolute atomic E-state index is 0.0555. The molecule has 4 nitrogen and oxygen atoms in total. The summed E-state index contributed by atoms with van der Waals surface area (Å²) in [5.74, 6) is -0.615. The molecule has 2 aromatic carbocycles. The van der Waals surface area contributed by atoms with Gasteiger partial charge in [-0.3, -0.25) is 4.79 Å². The molecular formula is C30H36O4. The van der Waals surface area contributed by atoms with E-state index < -0.39 is 6.10 Å². The quantitative estimate of drug-likeness (QED) is 0.427. The van der Waals surface area contributed by atoms with Crippen molar-refractivity contribution < 1.29 is 20.1 Å². The molecule has 1 aliphatic rings. The first-order valence-corrected chi connectivity index (χ1v) is 11.8. The summed E-state index contributed by atoms with van der Waals surface area (Å²) in [5.41, 5.74) is 7.36. The van der Waals surface area contributed by atoms with Gasteiger partial charge in [-0.05, 0) is 84.4 Å². The van der Waals surface area contributed by atoms with Crippen molar-refractivity contribution in [2.75, 3.05) is 0 Å². The molecule has 34 heavy (non-hydrogen) atoms. The van der Waals surface area contributed by atoms with E-state index in [2.05, 4.69) is 6.08 Å². The number of carbonyl (C=O) groups excluding carboxylic acids is 1. The van der Waals surface area contributed by atoms with Gasteiger partial charge >= 0.3 is 0 Å². The van der Waals surface area contributed by atoms with E-state index in [1.165, 1.54) is 0 Å². The Bertz CT molecular complexity index is 1230. The number of allylic oxidation sites excluding steroid dienone is 6. The Kier molecular flexibility index (Phi) is 7.52. The number of benzene rings is 2. The number of aryl methyl sites for hydroxylation is 1. The van der Waals surface area contributed by atoms with Crippen LogP contribution in [-0.2, 0) is 19.3 Å². The zero-order valence-electron chi connectivity index (χ0n) is 21.3. The predicted molar refractivity (Wildman–Crippen MR) is 138 cm³/mol. The summed E-state index contributed by atoms with van der Waals surface area (Å²) in [6.07, 6.45) is 6.07. The van der Waals surface area contributed by atoms with Crippen molar-refractivity contribution in [2.45, 2.75) is 73.8 Å². The Morgan fingerprint density at radius 2 is 1.26 bits per heavy atom. The van der Waals surface area contributed by atoms with Gasteiger partial charge in [0.25, 0.3) is 0 Å². The van der Waals surface area contributed by atoms with E-state index >= 15 is 0 Å².